The molecule has 1 amide bonds. The molecule has 1 heterocycles. The van der Waals surface area contributed by atoms with Crippen molar-refractivity contribution in [2.75, 3.05) is 19.6 Å². The van der Waals surface area contributed by atoms with Gasteiger partial charge in [-0.05, 0) is 39.7 Å². The van der Waals surface area contributed by atoms with Crippen LogP contribution in [0.1, 0.15) is 46.0 Å². The second kappa shape index (κ2) is 6.83. The van der Waals surface area contributed by atoms with E-state index < -0.39 is 0 Å². The van der Waals surface area contributed by atoms with Crippen molar-refractivity contribution in [3.05, 3.63) is 0 Å². The second-order valence-corrected chi connectivity index (χ2v) is 4.25. The van der Waals surface area contributed by atoms with Crippen LogP contribution in [0.15, 0.2) is 0 Å². The van der Waals surface area contributed by atoms with E-state index in [4.69, 9.17) is 0 Å². The molecule has 0 aromatic rings. The van der Waals surface area contributed by atoms with Gasteiger partial charge in [0.15, 0.2) is 0 Å². The molecule has 1 N–H and O–H groups in total. The molecule has 0 radical (unpaired) electrons. The molecule has 0 spiro atoms. The van der Waals surface area contributed by atoms with Crippen LogP contribution in [0, 0.1) is 0 Å². The largest absolute Gasteiger partial charge is 0.343 e. The molecule has 3 heteroatoms. The summed E-state index contributed by atoms with van der Waals surface area (Å²) in [6.45, 7) is 6.89. The van der Waals surface area contributed by atoms with Gasteiger partial charge in [0.05, 0.1) is 0 Å². The Morgan fingerprint density at radius 2 is 2.07 bits per heavy atom. The number of carbonyl (C=O) groups is 1. The molecule has 15 heavy (non-hydrogen) atoms. The van der Waals surface area contributed by atoms with Crippen molar-refractivity contribution in [2.24, 2.45) is 0 Å². The Kier molecular flexibility index (Phi) is 5.69. The van der Waals surface area contributed by atoms with E-state index in [0.29, 0.717) is 18.4 Å². The van der Waals surface area contributed by atoms with E-state index >= 15 is 0 Å². The van der Waals surface area contributed by atoms with Crippen LogP contribution in [-0.2, 0) is 4.79 Å². The molecule has 1 aliphatic rings. The molecule has 1 atom stereocenters. The highest BCUT2D eigenvalue weighted by molar-refractivity contribution is 5.76. The van der Waals surface area contributed by atoms with E-state index in [2.05, 4.69) is 5.32 Å². The van der Waals surface area contributed by atoms with Crippen molar-refractivity contribution in [3.8, 4) is 0 Å². The topological polar surface area (TPSA) is 32.3 Å². The summed E-state index contributed by atoms with van der Waals surface area (Å²) in [5.41, 5.74) is 0. The minimum Gasteiger partial charge on any atom is -0.343 e. The zero-order valence-corrected chi connectivity index (χ0v) is 10.1. The van der Waals surface area contributed by atoms with Gasteiger partial charge in [-0.2, -0.15) is 0 Å². The molecule has 0 aromatic carbocycles. The zero-order chi connectivity index (χ0) is 11.1. The molecule has 1 rings (SSSR count). The van der Waals surface area contributed by atoms with Crippen LogP contribution >= 0.6 is 0 Å². The van der Waals surface area contributed by atoms with Crippen molar-refractivity contribution in [3.63, 3.8) is 0 Å². The number of piperidine rings is 1. The van der Waals surface area contributed by atoms with Crippen molar-refractivity contribution in [1.29, 1.82) is 0 Å². The molecule has 0 unspecified atom stereocenters. The van der Waals surface area contributed by atoms with Gasteiger partial charge in [-0.1, -0.05) is 6.42 Å². The Bertz CT molecular complexity index is 184. The van der Waals surface area contributed by atoms with E-state index in [1.807, 2.05) is 18.7 Å². The maximum Gasteiger partial charge on any atom is 0.222 e. The minimum absolute atomic E-state index is 0.312. The van der Waals surface area contributed by atoms with Crippen LogP contribution in [0.3, 0.4) is 0 Å². The third-order valence-electron chi connectivity index (χ3n) is 3.24. The number of nitrogens with one attached hydrogen (secondary N) is 1. The SMILES string of the molecule is CCN(CC)C(=O)CC[C@@H]1CCCCN1. The summed E-state index contributed by atoms with van der Waals surface area (Å²) in [5, 5.41) is 3.48. The van der Waals surface area contributed by atoms with Gasteiger partial charge in [-0.25, -0.2) is 0 Å². The Morgan fingerprint density at radius 1 is 1.33 bits per heavy atom. The minimum atomic E-state index is 0.312. The van der Waals surface area contributed by atoms with Gasteiger partial charge in [0, 0.05) is 25.6 Å². The Balaban J connectivity index is 2.20. The summed E-state index contributed by atoms with van der Waals surface area (Å²) in [4.78, 5) is 13.7. The summed E-state index contributed by atoms with van der Waals surface area (Å²) in [7, 11) is 0. The van der Waals surface area contributed by atoms with Crippen molar-refractivity contribution < 1.29 is 4.79 Å². The highest BCUT2D eigenvalue weighted by atomic mass is 16.2. The summed E-state index contributed by atoms with van der Waals surface area (Å²) in [6, 6.07) is 0.582. The van der Waals surface area contributed by atoms with Gasteiger partial charge >= 0.3 is 0 Å². The number of carbonyl (C=O) groups excluding carboxylic acids is 1. The van der Waals surface area contributed by atoms with Gasteiger partial charge in [0.1, 0.15) is 0 Å². The van der Waals surface area contributed by atoms with Crippen molar-refractivity contribution in [1.82, 2.24) is 10.2 Å². The van der Waals surface area contributed by atoms with E-state index in [9.17, 15) is 4.79 Å². The van der Waals surface area contributed by atoms with Crippen LogP contribution in [0.2, 0.25) is 0 Å². The standard InChI is InChI=1S/C12H24N2O/c1-3-14(4-2)12(15)9-8-11-7-5-6-10-13-11/h11,13H,3-10H2,1-2H3/t11-/m0/s1. The predicted octanol–water partition coefficient (Wildman–Crippen LogP) is 1.78. The third kappa shape index (κ3) is 4.20. The molecule has 1 saturated heterocycles. The molecule has 0 saturated carbocycles. The highest BCUT2D eigenvalue weighted by Crippen LogP contribution is 2.12. The molecule has 1 aliphatic heterocycles. The van der Waals surface area contributed by atoms with Gasteiger partial charge in [0.2, 0.25) is 5.91 Å². The Labute approximate surface area is 93.2 Å². The Morgan fingerprint density at radius 3 is 2.60 bits per heavy atom. The maximum absolute atomic E-state index is 11.7. The average molecular weight is 212 g/mol. The smallest absolute Gasteiger partial charge is 0.222 e. The van der Waals surface area contributed by atoms with Gasteiger partial charge in [0.25, 0.3) is 0 Å². The fourth-order valence-corrected chi connectivity index (χ4v) is 2.20. The van der Waals surface area contributed by atoms with E-state index in [1.165, 1.54) is 19.3 Å². The van der Waals surface area contributed by atoms with Crippen molar-refractivity contribution in [2.45, 2.75) is 52.0 Å². The van der Waals surface area contributed by atoms with Crippen LogP contribution < -0.4 is 5.32 Å². The molecule has 0 aliphatic carbocycles. The molecular weight excluding hydrogens is 188 g/mol. The molecule has 3 nitrogen and oxygen atoms in total. The number of rotatable bonds is 5. The first-order valence-electron chi connectivity index (χ1n) is 6.29. The molecule has 0 aromatic heterocycles. The molecular formula is C12H24N2O. The first-order chi connectivity index (χ1) is 7.27. The number of hydrogen-bond donors (Lipinski definition) is 1. The summed E-state index contributed by atoms with van der Waals surface area (Å²) in [5.74, 6) is 0.312. The highest BCUT2D eigenvalue weighted by Gasteiger charge is 2.15. The fraction of sp³-hybridized carbons (Fsp3) is 0.917. The van der Waals surface area contributed by atoms with Crippen LogP contribution in [0.25, 0.3) is 0 Å². The van der Waals surface area contributed by atoms with Crippen LogP contribution in [-0.4, -0.2) is 36.5 Å². The average Bonchev–Trinajstić information content (AvgIpc) is 2.29. The number of hydrogen-bond acceptors (Lipinski definition) is 2. The molecule has 0 bridgehead atoms. The Hall–Kier alpha value is -0.570. The zero-order valence-electron chi connectivity index (χ0n) is 10.1. The van der Waals surface area contributed by atoms with E-state index in [-0.39, 0.29) is 0 Å². The number of nitrogens with zero attached hydrogens (tertiary/aromatic N) is 1. The van der Waals surface area contributed by atoms with Gasteiger partial charge < -0.3 is 10.2 Å². The van der Waals surface area contributed by atoms with E-state index in [1.54, 1.807) is 0 Å². The normalized spacial score (nSPS) is 21.3. The molecule has 1 fully saturated rings. The number of amides is 1. The quantitative estimate of drug-likeness (QED) is 0.753. The van der Waals surface area contributed by atoms with Gasteiger partial charge in [-0.15, -0.1) is 0 Å². The van der Waals surface area contributed by atoms with E-state index in [0.717, 1.165) is 26.1 Å². The lowest BCUT2D eigenvalue weighted by Gasteiger charge is -2.24. The van der Waals surface area contributed by atoms with Gasteiger partial charge in [-0.3, -0.25) is 4.79 Å². The first-order valence-corrected chi connectivity index (χ1v) is 6.29. The van der Waals surface area contributed by atoms with Crippen LogP contribution in [0.5, 0.6) is 0 Å². The third-order valence-corrected chi connectivity index (χ3v) is 3.24. The lowest BCUT2D eigenvalue weighted by molar-refractivity contribution is -0.131. The lowest BCUT2D eigenvalue weighted by Crippen LogP contribution is -2.36. The summed E-state index contributed by atoms with van der Waals surface area (Å²) in [6.07, 6.45) is 5.57. The summed E-state index contributed by atoms with van der Waals surface area (Å²) >= 11 is 0. The van der Waals surface area contributed by atoms with Crippen LogP contribution in [0.4, 0.5) is 0 Å². The first kappa shape index (κ1) is 12.5. The maximum atomic E-state index is 11.7. The predicted molar refractivity (Wildman–Crippen MR) is 62.8 cm³/mol. The van der Waals surface area contributed by atoms with Crippen molar-refractivity contribution >= 4 is 5.91 Å². The summed E-state index contributed by atoms with van der Waals surface area (Å²) < 4.78 is 0. The lowest BCUT2D eigenvalue weighted by atomic mass is 10.0. The monoisotopic (exact) mass is 212 g/mol. The molecule has 88 valence electrons. The fourth-order valence-electron chi connectivity index (χ4n) is 2.20. The second-order valence-electron chi connectivity index (χ2n) is 4.25.